The third-order valence-corrected chi connectivity index (χ3v) is 4.26. The van der Waals surface area contributed by atoms with E-state index in [0.29, 0.717) is 11.8 Å². The number of rotatable bonds is 2. The maximum Gasteiger partial charge on any atom is 0.129 e. The van der Waals surface area contributed by atoms with Crippen LogP contribution in [0.4, 0.5) is 8.78 Å². The molecule has 0 heterocycles. The van der Waals surface area contributed by atoms with Crippen molar-refractivity contribution < 1.29 is 8.78 Å². The zero-order valence-electron chi connectivity index (χ0n) is 11.0. The highest BCUT2D eigenvalue weighted by atomic mass is 19.1. The fraction of sp³-hybridized carbons (Fsp3) is 0.600. The largest absolute Gasteiger partial charge is 0.327 e. The van der Waals surface area contributed by atoms with Crippen molar-refractivity contribution in [1.82, 2.24) is 0 Å². The fourth-order valence-electron chi connectivity index (χ4n) is 3.03. The number of nitrogens with two attached hydrogens (primary N) is 1. The minimum absolute atomic E-state index is 0.133. The standard InChI is InChI=1S/C15H21F2N/c1-9(2)10-6-7-14(18)11(8-10)15-12(16)4-3-5-13(15)17/h3-5,9-11,14H,6-8,18H2,1-2H3. The molecule has 0 aliphatic heterocycles. The minimum atomic E-state index is -0.458. The Hall–Kier alpha value is -0.960. The van der Waals surface area contributed by atoms with Crippen molar-refractivity contribution in [1.29, 1.82) is 0 Å². The van der Waals surface area contributed by atoms with Gasteiger partial charge in [0.15, 0.2) is 0 Å². The summed E-state index contributed by atoms with van der Waals surface area (Å²) in [6.45, 7) is 4.33. The van der Waals surface area contributed by atoms with Gasteiger partial charge >= 0.3 is 0 Å². The van der Waals surface area contributed by atoms with E-state index >= 15 is 0 Å². The summed E-state index contributed by atoms with van der Waals surface area (Å²) in [5.74, 6) is -0.0595. The maximum atomic E-state index is 13.8. The predicted octanol–water partition coefficient (Wildman–Crippen LogP) is 3.83. The van der Waals surface area contributed by atoms with E-state index in [2.05, 4.69) is 13.8 Å². The van der Waals surface area contributed by atoms with Crippen LogP contribution in [0, 0.1) is 23.5 Å². The summed E-state index contributed by atoms with van der Waals surface area (Å²) in [5.41, 5.74) is 6.27. The number of hydrogen-bond acceptors (Lipinski definition) is 1. The van der Waals surface area contributed by atoms with Gasteiger partial charge in [0.2, 0.25) is 0 Å². The van der Waals surface area contributed by atoms with E-state index in [4.69, 9.17) is 5.73 Å². The third-order valence-electron chi connectivity index (χ3n) is 4.26. The summed E-state index contributed by atoms with van der Waals surface area (Å²) in [6, 6.07) is 3.92. The third kappa shape index (κ3) is 2.56. The first-order chi connectivity index (χ1) is 8.50. The molecule has 1 saturated carbocycles. The molecule has 0 amide bonds. The van der Waals surface area contributed by atoms with Gasteiger partial charge in [-0.25, -0.2) is 8.78 Å². The number of halogens is 2. The number of hydrogen-bond donors (Lipinski definition) is 1. The van der Waals surface area contributed by atoms with E-state index in [0.717, 1.165) is 19.3 Å². The van der Waals surface area contributed by atoms with E-state index in [1.165, 1.54) is 18.2 Å². The van der Waals surface area contributed by atoms with Gasteiger partial charge in [-0.15, -0.1) is 0 Å². The zero-order chi connectivity index (χ0) is 13.3. The molecule has 1 aromatic carbocycles. The summed E-state index contributed by atoms with van der Waals surface area (Å²) >= 11 is 0. The second-order valence-corrected chi connectivity index (χ2v) is 5.72. The molecule has 1 aliphatic carbocycles. The highest BCUT2D eigenvalue weighted by Gasteiger charge is 2.33. The lowest BCUT2D eigenvalue weighted by molar-refractivity contribution is 0.227. The Morgan fingerprint density at radius 2 is 1.78 bits per heavy atom. The molecule has 1 nitrogen and oxygen atoms in total. The Morgan fingerprint density at radius 1 is 1.17 bits per heavy atom. The van der Waals surface area contributed by atoms with Crippen molar-refractivity contribution >= 4 is 0 Å². The quantitative estimate of drug-likeness (QED) is 0.851. The van der Waals surface area contributed by atoms with Crippen LogP contribution in [0.3, 0.4) is 0 Å². The Kier molecular flexibility index (Phi) is 4.00. The monoisotopic (exact) mass is 253 g/mol. The summed E-state index contributed by atoms with van der Waals surface area (Å²) in [6.07, 6.45) is 2.70. The Labute approximate surface area is 107 Å². The van der Waals surface area contributed by atoms with Crippen molar-refractivity contribution in [3.63, 3.8) is 0 Å². The molecule has 0 bridgehead atoms. The van der Waals surface area contributed by atoms with Gasteiger partial charge in [-0.2, -0.15) is 0 Å². The molecule has 100 valence electrons. The second-order valence-electron chi connectivity index (χ2n) is 5.72. The van der Waals surface area contributed by atoms with Crippen LogP contribution < -0.4 is 5.73 Å². The normalized spacial score (nSPS) is 28.7. The summed E-state index contributed by atoms with van der Waals surface area (Å²) in [4.78, 5) is 0. The van der Waals surface area contributed by atoms with E-state index in [9.17, 15) is 8.78 Å². The molecular formula is C15H21F2N. The van der Waals surface area contributed by atoms with Gasteiger partial charge < -0.3 is 5.73 Å². The van der Waals surface area contributed by atoms with E-state index in [1.807, 2.05) is 0 Å². The van der Waals surface area contributed by atoms with E-state index < -0.39 is 11.6 Å². The van der Waals surface area contributed by atoms with Crippen LogP contribution >= 0.6 is 0 Å². The summed E-state index contributed by atoms with van der Waals surface area (Å²) in [5, 5.41) is 0. The Morgan fingerprint density at radius 3 is 2.33 bits per heavy atom. The van der Waals surface area contributed by atoms with Gasteiger partial charge in [0.1, 0.15) is 11.6 Å². The average Bonchev–Trinajstić information content (AvgIpc) is 2.30. The van der Waals surface area contributed by atoms with Gasteiger partial charge in [-0.3, -0.25) is 0 Å². The lowest BCUT2D eigenvalue weighted by Crippen LogP contribution is -2.36. The first-order valence-electron chi connectivity index (χ1n) is 6.70. The highest BCUT2D eigenvalue weighted by Crippen LogP contribution is 2.40. The lowest BCUT2D eigenvalue weighted by atomic mass is 9.71. The van der Waals surface area contributed by atoms with Crippen LogP contribution in [0.15, 0.2) is 18.2 Å². The highest BCUT2D eigenvalue weighted by molar-refractivity contribution is 5.26. The van der Waals surface area contributed by atoms with Crippen molar-refractivity contribution in [3.8, 4) is 0 Å². The van der Waals surface area contributed by atoms with Gasteiger partial charge in [-0.05, 0) is 43.2 Å². The van der Waals surface area contributed by atoms with Crippen LogP contribution in [0.1, 0.15) is 44.6 Å². The molecule has 1 fully saturated rings. The van der Waals surface area contributed by atoms with Crippen LogP contribution in [0.25, 0.3) is 0 Å². The van der Waals surface area contributed by atoms with Crippen molar-refractivity contribution in [3.05, 3.63) is 35.4 Å². The summed E-state index contributed by atoms with van der Waals surface area (Å²) < 4.78 is 27.7. The first kappa shape index (κ1) is 13.5. The zero-order valence-corrected chi connectivity index (χ0v) is 11.0. The smallest absolute Gasteiger partial charge is 0.129 e. The fourth-order valence-corrected chi connectivity index (χ4v) is 3.03. The molecule has 0 aromatic heterocycles. The summed E-state index contributed by atoms with van der Waals surface area (Å²) in [7, 11) is 0. The first-order valence-corrected chi connectivity index (χ1v) is 6.70. The number of benzene rings is 1. The minimum Gasteiger partial charge on any atom is -0.327 e. The Bertz CT molecular complexity index is 397. The average molecular weight is 253 g/mol. The van der Waals surface area contributed by atoms with Crippen molar-refractivity contribution in [2.75, 3.05) is 0 Å². The van der Waals surface area contributed by atoms with Crippen LogP contribution in [0.2, 0.25) is 0 Å². The molecule has 18 heavy (non-hydrogen) atoms. The molecule has 2 N–H and O–H groups in total. The second kappa shape index (κ2) is 5.35. The SMILES string of the molecule is CC(C)C1CCC(N)C(c2c(F)cccc2F)C1. The molecule has 3 unspecified atom stereocenters. The topological polar surface area (TPSA) is 26.0 Å². The van der Waals surface area contributed by atoms with Gasteiger partial charge in [0.05, 0.1) is 0 Å². The van der Waals surface area contributed by atoms with Crippen LogP contribution in [0.5, 0.6) is 0 Å². The van der Waals surface area contributed by atoms with Gasteiger partial charge in [-0.1, -0.05) is 19.9 Å². The van der Waals surface area contributed by atoms with Gasteiger partial charge in [0.25, 0.3) is 0 Å². The maximum absolute atomic E-state index is 13.8. The van der Waals surface area contributed by atoms with E-state index in [-0.39, 0.29) is 17.5 Å². The molecule has 0 spiro atoms. The van der Waals surface area contributed by atoms with Gasteiger partial charge in [0, 0.05) is 17.5 Å². The molecular weight excluding hydrogens is 232 g/mol. The van der Waals surface area contributed by atoms with Crippen LogP contribution in [-0.2, 0) is 0 Å². The molecule has 3 heteroatoms. The van der Waals surface area contributed by atoms with Crippen molar-refractivity contribution in [2.45, 2.75) is 45.1 Å². The molecule has 1 aliphatic rings. The van der Waals surface area contributed by atoms with E-state index in [1.54, 1.807) is 0 Å². The Balaban J connectivity index is 2.30. The molecule has 0 saturated heterocycles. The molecule has 2 rings (SSSR count). The predicted molar refractivity (Wildman–Crippen MR) is 69.3 cm³/mol. The lowest BCUT2D eigenvalue weighted by Gasteiger charge is -2.36. The van der Waals surface area contributed by atoms with Crippen molar-refractivity contribution in [2.24, 2.45) is 17.6 Å². The van der Waals surface area contributed by atoms with Crippen LogP contribution in [-0.4, -0.2) is 6.04 Å². The molecule has 1 aromatic rings. The molecule has 0 radical (unpaired) electrons. The molecule has 3 atom stereocenters.